The zero-order chi connectivity index (χ0) is 19.2. The van der Waals surface area contributed by atoms with Crippen LogP contribution in [0.5, 0.6) is 0 Å². The Hall–Kier alpha value is -3.80. The summed E-state index contributed by atoms with van der Waals surface area (Å²) in [6.45, 7) is 0. The van der Waals surface area contributed by atoms with Crippen LogP contribution in [0.2, 0.25) is 0 Å². The monoisotopic (exact) mass is 360 g/mol. The van der Waals surface area contributed by atoms with Crippen LogP contribution in [0.25, 0.3) is 0 Å². The summed E-state index contributed by atoms with van der Waals surface area (Å²) in [5.74, 6) is -0.454. The second kappa shape index (κ2) is 8.05. The van der Waals surface area contributed by atoms with Gasteiger partial charge in [0.15, 0.2) is 0 Å². The molecule has 6 heteroatoms. The highest BCUT2D eigenvalue weighted by molar-refractivity contribution is 6.06. The van der Waals surface area contributed by atoms with Gasteiger partial charge in [-0.1, -0.05) is 30.3 Å². The Kier molecular flexibility index (Phi) is 5.37. The number of rotatable bonds is 5. The first-order valence-corrected chi connectivity index (χ1v) is 8.42. The lowest BCUT2D eigenvalue weighted by atomic mass is 10.1. The maximum atomic E-state index is 12.3. The number of hydrogen-bond donors (Lipinski definition) is 4. The summed E-state index contributed by atoms with van der Waals surface area (Å²) in [5.41, 5.74) is 15.2. The molecule has 0 unspecified atom stereocenters. The van der Waals surface area contributed by atoms with E-state index in [9.17, 15) is 9.59 Å². The first-order valence-electron chi connectivity index (χ1n) is 8.42. The predicted molar refractivity (Wildman–Crippen MR) is 108 cm³/mol. The topological polar surface area (TPSA) is 110 Å². The Morgan fingerprint density at radius 1 is 0.741 bits per heavy atom. The molecule has 0 radical (unpaired) electrons. The molecule has 3 aromatic rings. The number of nitrogens with one attached hydrogen (secondary N) is 2. The molecule has 0 atom stereocenters. The van der Waals surface area contributed by atoms with E-state index in [1.54, 1.807) is 54.6 Å². The Balaban J connectivity index is 1.61. The summed E-state index contributed by atoms with van der Waals surface area (Å²) in [4.78, 5) is 24.5. The Morgan fingerprint density at radius 3 is 2.04 bits per heavy atom. The number of amides is 2. The highest BCUT2D eigenvalue weighted by Crippen LogP contribution is 2.19. The van der Waals surface area contributed by atoms with E-state index >= 15 is 0 Å². The van der Waals surface area contributed by atoms with Crippen molar-refractivity contribution in [3.8, 4) is 0 Å². The van der Waals surface area contributed by atoms with Crippen LogP contribution < -0.4 is 22.1 Å². The standard InChI is InChI=1S/C21H20N4O2/c22-17-6-2-1-5-15(17)13-20(26)24-16-11-9-14(10-12-16)21(27)25-19-8-4-3-7-18(19)23/h1-12H,13,22-23H2,(H,24,26)(H,25,27). The molecular formula is C21H20N4O2. The predicted octanol–water partition coefficient (Wildman–Crippen LogP) is 3.28. The third-order valence-corrected chi connectivity index (χ3v) is 4.05. The summed E-state index contributed by atoms with van der Waals surface area (Å²) in [7, 11) is 0. The molecule has 0 heterocycles. The molecule has 3 aromatic carbocycles. The van der Waals surface area contributed by atoms with Crippen molar-refractivity contribution in [2.24, 2.45) is 0 Å². The van der Waals surface area contributed by atoms with Crippen molar-refractivity contribution in [2.45, 2.75) is 6.42 Å². The number of nitrogens with two attached hydrogens (primary N) is 2. The lowest BCUT2D eigenvalue weighted by Gasteiger charge is -2.09. The van der Waals surface area contributed by atoms with Crippen LogP contribution in [0.4, 0.5) is 22.7 Å². The minimum Gasteiger partial charge on any atom is -0.398 e. The molecule has 2 amide bonds. The first-order chi connectivity index (χ1) is 13.0. The SMILES string of the molecule is Nc1ccccc1CC(=O)Nc1ccc(C(=O)Nc2ccccc2N)cc1. The van der Waals surface area contributed by atoms with Crippen LogP contribution >= 0.6 is 0 Å². The van der Waals surface area contributed by atoms with E-state index in [1.165, 1.54) is 0 Å². The van der Waals surface area contributed by atoms with E-state index in [1.807, 2.05) is 18.2 Å². The minimum absolute atomic E-state index is 0.179. The Morgan fingerprint density at radius 2 is 1.37 bits per heavy atom. The van der Waals surface area contributed by atoms with Gasteiger partial charge in [-0.3, -0.25) is 9.59 Å². The molecule has 0 aliphatic carbocycles. The number of anilines is 4. The lowest BCUT2D eigenvalue weighted by molar-refractivity contribution is -0.115. The zero-order valence-electron chi connectivity index (χ0n) is 14.6. The van der Waals surface area contributed by atoms with Crippen molar-refractivity contribution in [2.75, 3.05) is 22.1 Å². The normalized spacial score (nSPS) is 10.2. The third-order valence-electron chi connectivity index (χ3n) is 4.05. The van der Waals surface area contributed by atoms with E-state index in [4.69, 9.17) is 11.5 Å². The van der Waals surface area contributed by atoms with Crippen molar-refractivity contribution in [1.82, 2.24) is 0 Å². The summed E-state index contributed by atoms with van der Waals surface area (Å²) in [6.07, 6.45) is 0.183. The quantitative estimate of drug-likeness (QED) is 0.523. The minimum atomic E-state index is -0.275. The Labute approximate surface area is 157 Å². The van der Waals surface area contributed by atoms with Gasteiger partial charge in [0.2, 0.25) is 5.91 Å². The van der Waals surface area contributed by atoms with E-state index in [0.717, 1.165) is 5.56 Å². The highest BCUT2D eigenvalue weighted by Gasteiger charge is 2.10. The van der Waals surface area contributed by atoms with E-state index < -0.39 is 0 Å². The fourth-order valence-corrected chi connectivity index (χ4v) is 2.58. The van der Waals surface area contributed by atoms with Gasteiger partial charge in [0.1, 0.15) is 0 Å². The van der Waals surface area contributed by atoms with Crippen LogP contribution in [0.3, 0.4) is 0 Å². The molecule has 0 fully saturated rings. The van der Waals surface area contributed by atoms with Gasteiger partial charge in [0.25, 0.3) is 5.91 Å². The number of carbonyl (C=O) groups excluding carboxylic acids is 2. The number of hydrogen-bond acceptors (Lipinski definition) is 4. The molecule has 0 spiro atoms. The highest BCUT2D eigenvalue weighted by atomic mass is 16.2. The van der Waals surface area contributed by atoms with E-state index in [2.05, 4.69) is 10.6 Å². The van der Waals surface area contributed by atoms with Gasteiger partial charge in [-0.15, -0.1) is 0 Å². The fourth-order valence-electron chi connectivity index (χ4n) is 2.58. The van der Waals surface area contributed by atoms with E-state index in [0.29, 0.717) is 28.3 Å². The smallest absolute Gasteiger partial charge is 0.255 e. The second-order valence-corrected chi connectivity index (χ2v) is 6.04. The lowest BCUT2D eigenvalue weighted by Crippen LogP contribution is -2.16. The van der Waals surface area contributed by atoms with Gasteiger partial charge in [0.05, 0.1) is 17.8 Å². The molecule has 0 aliphatic heterocycles. The molecule has 0 bridgehead atoms. The molecule has 136 valence electrons. The van der Waals surface area contributed by atoms with Crippen molar-refractivity contribution < 1.29 is 9.59 Å². The van der Waals surface area contributed by atoms with Crippen molar-refractivity contribution in [3.63, 3.8) is 0 Å². The van der Waals surface area contributed by atoms with Gasteiger partial charge < -0.3 is 22.1 Å². The first kappa shape index (κ1) is 18.0. The van der Waals surface area contributed by atoms with Crippen LogP contribution in [0.15, 0.2) is 72.8 Å². The fraction of sp³-hybridized carbons (Fsp3) is 0.0476. The van der Waals surface area contributed by atoms with E-state index in [-0.39, 0.29) is 18.2 Å². The van der Waals surface area contributed by atoms with Crippen LogP contribution in [-0.4, -0.2) is 11.8 Å². The molecule has 27 heavy (non-hydrogen) atoms. The molecular weight excluding hydrogens is 340 g/mol. The summed E-state index contributed by atoms with van der Waals surface area (Å²) in [6, 6.07) is 20.9. The Bertz CT molecular complexity index is 968. The summed E-state index contributed by atoms with van der Waals surface area (Å²) in [5, 5.41) is 5.56. The number of carbonyl (C=O) groups is 2. The number of para-hydroxylation sites is 3. The maximum Gasteiger partial charge on any atom is 0.255 e. The molecule has 0 aromatic heterocycles. The van der Waals surface area contributed by atoms with Crippen LogP contribution in [-0.2, 0) is 11.2 Å². The molecule has 0 aliphatic rings. The summed E-state index contributed by atoms with van der Waals surface area (Å²) >= 11 is 0. The number of benzene rings is 3. The molecule has 6 nitrogen and oxygen atoms in total. The molecule has 0 saturated heterocycles. The van der Waals surface area contributed by atoms with Crippen LogP contribution in [0.1, 0.15) is 15.9 Å². The van der Waals surface area contributed by atoms with Crippen molar-refractivity contribution in [1.29, 1.82) is 0 Å². The number of nitrogen functional groups attached to an aromatic ring is 2. The maximum absolute atomic E-state index is 12.3. The van der Waals surface area contributed by atoms with Gasteiger partial charge in [-0.2, -0.15) is 0 Å². The van der Waals surface area contributed by atoms with Gasteiger partial charge >= 0.3 is 0 Å². The second-order valence-electron chi connectivity index (χ2n) is 6.04. The van der Waals surface area contributed by atoms with Crippen molar-refractivity contribution >= 4 is 34.6 Å². The van der Waals surface area contributed by atoms with Gasteiger partial charge in [-0.05, 0) is 48.0 Å². The van der Waals surface area contributed by atoms with Crippen molar-refractivity contribution in [3.05, 3.63) is 83.9 Å². The molecule has 6 N–H and O–H groups in total. The average molecular weight is 360 g/mol. The largest absolute Gasteiger partial charge is 0.398 e. The van der Waals surface area contributed by atoms with Crippen LogP contribution in [0, 0.1) is 0 Å². The zero-order valence-corrected chi connectivity index (χ0v) is 14.6. The third kappa shape index (κ3) is 4.64. The average Bonchev–Trinajstić information content (AvgIpc) is 2.66. The van der Waals surface area contributed by atoms with Gasteiger partial charge in [-0.25, -0.2) is 0 Å². The molecule has 0 saturated carbocycles. The van der Waals surface area contributed by atoms with Gasteiger partial charge in [0, 0.05) is 16.9 Å². The summed E-state index contributed by atoms with van der Waals surface area (Å²) < 4.78 is 0. The molecule has 3 rings (SSSR count).